The molecule has 0 aliphatic carbocycles. The SMILES string of the molecule is CCOC(=O)CC(O)C(O)c1ccc(C(=O)O)nc1. The van der Waals surface area contributed by atoms with Gasteiger partial charge in [-0.3, -0.25) is 4.79 Å². The van der Waals surface area contributed by atoms with Crippen molar-refractivity contribution in [3.05, 3.63) is 29.6 Å². The van der Waals surface area contributed by atoms with Gasteiger partial charge in [0, 0.05) is 11.8 Å². The van der Waals surface area contributed by atoms with Crippen molar-refractivity contribution in [3.63, 3.8) is 0 Å². The predicted octanol–water partition coefficient (Wildman–Crippen LogP) is 0.127. The van der Waals surface area contributed by atoms with Crippen LogP contribution in [0.25, 0.3) is 0 Å². The second-order valence-electron chi connectivity index (χ2n) is 3.80. The highest BCUT2D eigenvalue weighted by Crippen LogP contribution is 2.18. The lowest BCUT2D eigenvalue weighted by molar-refractivity contribution is -0.147. The molecule has 104 valence electrons. The van der Waals surface area contributed by atoms with E-state index in [9.17, 15) is 19.8 Å². The molecule has 1 aromatic heterocycles. The molecule has 0 aliphatic rings. The average molecular weight is 269 g/mol. The summed E-state index contributed by atoms with van der Waals surface area (Å²) in [7, 11) is 0. The zero-order chi connectivity index (χ0) is 14.4. The maximum absolute atomic E-state index is 11.1. The van der Waals surface area contributed by atoms with Gasteiger partial charge in [0.1, 0.15) is 11.8 Å². The standard InChI is InChI=1S/C12H15NO6/c1-2-19-10(15)5-9(14)11(16)7-3-4-8(12(17)18)13-6-7/h3-4,6,9,11,14,16H,2,5H2,1H3,(H,17,18). The van der Waals surface area contributed by atoms with Crippen molar-refractivity contribution in [2.24, 2.45) is 0 Å². The maximum Gasteiger partial charge on any atom is 0.354 e. The molecule has 19 heavy (non-hydrogen) atoms. The van der Waals surface area contributed by atoms with E-state index in [1.54, 1.807) is 6.92 Å². The summed E-state index contributed by atoms with van der Waals surface area (Å²) in [6.07, 6.45) is -1.88. The zero-order valence-corrected chi connectivity index (χ0v) is 10.3. The number of carbonyl (C=O) groups excluding carboxylic acids is 1. The van der Waals surface area contributed by atoms with Crippen LogP contribution in [0.1, 0.15) is 35.5 Å². The number of esters is 1. The molecule has 0 radical (unpaired) electrons. The van der Waals surface area contributed by atoms with Crippen molar-refractivity contribution >= 4 is 11.9 Å². The first-order chi connectivity index (χ1) is 8.95. The number of carboxylic acids is 1. The number of aromatic nitrogens is 1. The maximum atomic E-state index is 11.1. The third-order valence-corrected chi connectivity index (χ3v) is 2.39. The van der Waals surface area contributed by atoms with Crippen LogP contribution in [0, 0.1) is 0 Å². The molecule has 3 N–H and O–H groups in total. The van der Waals surface area contributed by atoms with E-state index in [1.165, 1.54) is 12.1 Å². The Labute approximate surface area is 109 Å². The molecule has 7 nitrogen and oxygen atoms in total. The van der Waals surface area contributed by atoms with Crippen LogP contribution in [0.5, 0.6) is 0 Å². The van der Waals surface area contributed by atoms with Gasteiger partial charge < -0.3 is 20.1 Å². The zero-order valence-electron chi connectivity index (χ0n) is 10.3. The van der Waals surface area contributed by atoms with Crippen LogP contribution in [-0.4, -0.2) is 45.0 Å². The van der Waals surface area contributed by atoms with Crippen LogP contribution in [0.4, 0.5) is 0 Å². The number of nitrogens with zero attached hydrogens (tertiary/aromatic N) is 1. The average Bonchev–Trinajstić information content (AvgIpc) is 2.38. The Balaban J connectivity index is 2.68. The number of carbonyl (C=O) groups is 2. The van der Waals surface area contributed by atoms with Gasteiger partial charge in [0.2, 0.25) is 0 Å². The summed E-state index contributed by atoms with van der Waals surface area (Å²) in [5, 5.41) is 28.1. The van der Waals surface area contributed by atoms with Crippen LogP contribution in [0.15, 0.2) is 18.3 Å². The predicted molar refractivity (Wildman–Crippen MR) is 63.4 cm³/mol. The molecule has 1 rings (SSSR count). The van der Waals surface area contributed by atoms with Crippen molar-refractivity contribution in [3.8, 4) is 0 Å². The number of rotatable bonds is 6. The van der Waals surface area contributed by atoms with Crippen LogP contribution < -0.4 is 0 Å². The number of hydrogen-bond donors (Lipinski definition) is 3. The highest BCUT2D eigenvalue weighted by Gasteiger charge is 2.22. The van der Waals surface area contributed by atoms with Gasteiger partial charge in [0.05, 0.1) is 19.1 Å². The van der Waals surface area contributed by atoms with Crippen molar-refractivity contribution in [2.45, 2.75) is 25.6 Å². The largest absolute Gasteiger partial charge is 0.477 e. The Hall–Kier alpha value is -1.99. The van der Waals surface area contributed by atoms with Gasteiger partial charge in [-0.2, -0.15) is 0 Å². The summed E-state index contributed by atoms with van der Waals surface area (Å²) in [6.45, 7) is 1.83. The topological polar surface area (TPSA) is 117 Å². The van der Waals surface area contributed by atoms with E-state index < -0.39 is 24.1 Å². The van der Waals surface area contributed by atoms with E-state index in [0.717, 1.165) is 6.20 Å². The number of aliphatic hydroxyl groups excluding tert-OH is 2. The third kappa shape index (κ3) is 4.31. The minimum Gasteiger partial charge on any atom is -0.477 e. The first-order valence-electron chi connectivity index (χ1n) is 5.66. The molecule has 0 amide bonds. The van der Waals surface area contributed by atoms with Gasteiger partial charge in [-0.15, -0.1) is 0 Å². The van der Waals surface area contributed by atoms with Crippen molar-refractivity contribution in [1.29, 1.82) is 0 Å². The monoisotopic (exact) mass is 269 g/mol. The Morgan fingerprint density at radius 3 is 2.53 bits per heavy atom. The van der Waals surface area contributed by atoms with Gasteiger partial charge in [-0.25, -0.2) is 9.78 Å². The number of ether oxygens (including phenoxy) is 1. The van der Waals surface area contributed by atoms with E-state index in [1.807, 2.05) is 0 Å². The summed E-state index contributed by atoms with van der Waals surface area (Å²) in [5.74, 6) is -1.81. The second kappa shape index (κ2) is 6.81. The van der Waals surface area contributed by atoms with Crippen molar-refractivity contribution in [1.82, 2.24) is 4.98 Å². The molecule has 0 saturated heterocycles. The van der Waals surface area contributed by atoms with Gasteiger partial charge in [0.25, 0.3) is 0 Å². The molecular formula is C12H15NO6. The van der Waals surface area contributed by atoms with Gasteiger partial charge in [-0.05, 0) is 13.0 Å². The second-order valence-corrected chi connectivity index (χ2v) is 3.80. The van der Waals surface area contributed by atoms with Gasteiger partial charge in [-0.1, -0.05) is 6.07 Å². The number of hydrogen-bond acceptors (Lipinski definition) is 6. The molecule has 2 atom stereocenters. The van der Waals surface area contributed by atoms with E-state index in [2.05, 4.69) is 9.72 Å². The molecule has 1 heterocycles. The molecule has 0 fully saturated rings. The first-order valence-corrected chi connectivity index (χ1v) is 5.66. The van der Waals surface area contributed by atoms with Crippen LogP contribution in [0.3, 0.4) is 0 Å². The minimum atomic E-state index is -1.34. The highest BCUT2D eigenvalue weighted by atomic mass is 16.5. The lowest BCUT2D eigenvalue weighted by atomic mass is 10.0. The first kappa shape index (κ1) is 15.1. The molecule has 7 heteroatoms. The lowest BCUT2D eigenvalue weighted by Crippen LogP contribution is -2.23. The summed E-state index contributed by atoms with van der Waals surface area (Å²) in [6, 6.07) is 2.54. The lowest BCUT2D eigenvalue weighted by Gasteiger charge is -2.17. The summed E-state index contributed by atoms with van der Waals surface area (Å²) in [4.78, 5) is 25.4. The van der Waals surface area contributed by atoms with Crippen molar-refractivity contribution in [2.75, 3.05) is 6.61 Å². The van der Waals surface area contributed by atoms with Gasteiger partial charge >= 0.3 is 11.9 Å². The van der Waals surface area contributed by atoms with Crippen LogP contribution in [0.2, 0.25) is 0 Å². The quantitative estimate of drug-likeness (QED) is 0.628. The normalized spacial score (nSPS) is 13.6. The molecule has 0 aliphatic heterocycles. The molecule has 0 spiro atoms. The highest BCUT2D eigenvalue weighted by molar-refractivity contribution is 5.85. The molecular weight excluding hydrogens is 254 g/mol. The van der Waals surface area contributed by atoms with E-state index in [0.29, 0.717) is 0 Å². The molecule has 0 saturated carbocycles. The summed E-state index contributed by atoms with van der Waals surface area (Å²) < 4.78 is 4.65. The fourth-order valence-electron chi connectivity index (χ4n) is 1.43. The smallest absolute Gasteiger partial charge is 0.354 e. The third-order valence-electron chi connectivity index (χ3n) is 2.39. The number of aliphatic hydroxyl groups is 2. The minimum absolute atomic E-state index is 0.171. The van der Waals surface area contributed by atoms with Crippen LogP contribution in [-0.2, 0) is 9.53 Å². The Morgan fingerprint density at radius 2 is 2.05 bits per heavy atom. The molecule has 1 aromatic rings. The number of carboxylic acid groups (broad SMARTS) is 1. The summed E-state index contributed by atoms with van der Waals surface area (Å²) in [5.41, 5.74) is 0.0534. The molecule has 0 aromatic carbocycles. The van der Waals surface area contributed by atoms with E-state index in [-0.39, 0.29) is 24.3 Å². The number of aromatic carboxylic acids is 1. The Morgan fingerprint density at radius 1 is 1.37 bits per heavy atom. The molecule has 2 unspecified atom stereocenters. The Kier molecular flexibility index (Phi) is 5.40. The van der Waals surface area contributed by atoms with E-state index in [4.69, 9.17) is 5.11 Å². The van der Waals surface area contributed by atoms with Crippen molar-refractivity contribution < 1.29 is 29.6 Å². The molecule has 0 bridgehead atoms. The van der Waals surface area contributed by atoms with Crippen LogP contribution >= 0.6 is 0 Å². The number of pyridine rings is 1. The van der Waals surface area contributed by atoms with Gasteiger partial charge in [0.15, 0.2) is 0 Å². The Bertz CT molecular complexity index is 444. The van der Waals surface area contributed by atoms with E-state index >= 15 is 0 Å². The fourth-order valence-corrected chi connectivity index (χ4v) is 1.43. The fraction of sp³-hybridized carbons (Fsp3) is 0.417. The summed E-state index contributed by atoms with van der Waals surface area (Å²) >= 11 is 0.